The van der Waals surface area contributed by atoms with E-state index in [1.54, 1.807) is 0 Å². The molecule has 19 heavy (non-hydrogen) atoms. The van der Waals surface area contributed by atoms with Gasteiger partial charge in [-0.05, 0) is 31.9 Å². The number of ether oxygens (including phenoxy) is 1. The van der Waals surface area contributed by atoms with Crippen molar-refractivity contribution in [2.24, 2.45) is 0 Å². The third-order valence-corrected chi connectivity index (χ3v) is 2.65. The molecule has 0 fully saturated rings. The average Bonchev–Trinajstić information content (AvgIpc) is 2.36. The number of hydrogen-bond acceptors (Lipinski definition) is 3. The van der Waals surface area contributed by atoms with Gasteiger partial charge in [-0.15, -0.1) is 0 Å². The zero-order valence-corrected chi connectivity index (χ0v) is 11.2. The Morgan fingerprint density at radius 3 is 2.68 bits per heavy atom. The van der Waals surface area contributed by atoms with Gasteiger partial charge in [0.2, 0.25) is 5.91 Å². The van der Waals surface area contributed by atoms with Crippen molar-refractivity contribution >= 4 is 11.9 Å². The number of benzene rings is 1. The first-order valence-electron chi connectivity index (χ1n) is 6.21. The Morgan fingerprint density at radius 2 is 2.05 bits per heavy atom. The first-order chi connectivity index (χ1) is 9.00. The second-order valence-corrected chi connectivity index (χ2v) is 4.34. The van der Waals surface area contributed by atoms with Crippen molar-refractivity contribution in [2.75, 3.05) is 6.61 Å². The smallest absolute Gasteiger partial charge is 0.325 e. The van der Waals surface area contributed by atoms with Crippen LogP contribution in [0.25, 0.3) is 0 Å². The SMILES string of the molecule is Cc1ccccc1OCCCC(=O)NC(C)C(=O)O. The first kappa shape index (κ1) is 15.0. The molecule has 104 valence electrons. The van der Waals surface area contributed by atoms with Gasteiger partial charge in [-0.2, -0.15) is 0 Å². The third-order valence-electron chi connectivity index (χ3n) is 2.65. The molecule has 0 radical (unpaired) electrons. The molecule has 0 spiro atoms. The fourth-order valence-corrected chi connectivity index (χ4v) is 1.51. The quantitative estimate of drug-likeness (QED) is 0.736. The van der Waals surface area contributed by atoms with Crippen molar-refractivity contribution in [1.29, 1.82) is 0 Å². The minimum Gasteiger partial charge on any atom is -0.493 e. The van der Waals surface area contributed by atoms with E-state index in [0.717, 1.165) is 11.3 Å². The predicted octanol–water partition coefficient (Wildman–Crippen LogP) is 1.74. The number of hydrogen-bond donors (Lipinski definition) is 2. The van der Waals surface area contributed by atoms with Crippen LogP contribution in [0, 0.1) is 6.92 Å². The number of carboxylic acids is 1. The summed E-state index contributed by atoms with van der Waals surface area (Å²) in [6.07, 6.45) is 0.802. The molecule has 0 heterocycles. The predicted molar refractivity (Wildman–Crippen MR) is 71.1 cm³/mol. The Hall–Kier alpha value is -2.04. The van der Waals surface area contributed by atoms with Gasteiger partial charge in [-0.1, -0.05) is 18.2 Å². The van der Waals surface area contributed by atoms with Gasteiger partial charge in [-0.3, -0.25) is 9.59 Å². The van der Waals surface area contributed by atoms with Crippen LogP contribution in [0.2, 0.25) is 0 Å². The summed E-state index contributed by atoms with van der Waals surface area (Å²) in [5.74, 6) is -0.505. The minimum atomic E-state index is -1.04. The highest BCUT2D eigenvalue weighted by molar-refractivity contribution is 5.83. The number of carbonyl (C=O) groups excluding carboxylic acids is 1. The largest absolute Gasteiger partial charge is 0.493 e. The summed E-state index contributed by atoms with van der Waals surface area (Å²) >= 11 is 0. The van der Waals surface area contributed by atoms with E-state index >= 15 is 0 Å². The van der Waals surface area contributed by atoms with Crippen LogP contribution in [0.3, 0.4) is 0 Å². The number of carboxylic acid groups (broad SMARTS) is 1. The van der Waals surface area contributed by atoms with E-state index < -0.39 is 12.0 Å². The van der Waals surface area contributed by atoms with Crippen molar-refractivity contribution in [3.63, 3.8) is 0 Å². The van der Waals surface area contributed by atoms with E-state index in [1.165, 1.54) is 6.92 Å². The molecule has 0 saturated carbocycles. The molecule has 1 amide bonds. The van der Waals surface area contributed by atoms with Crippen LogP contribution in [-0.4, -0.2) is 29.6 Å². The molecule has 5 heteroatoms. The molecule has 0 aliphatic heterocycles. The molecule has 1 aromatic carbocycles. The Labute approximate surface area is 112 Å². The van der Waals surface area contributed by atoms with Gasteiger partial charge in [0.1, 0.15) is 11.8 Å². The number of para-hydroxylation sites is 1. The second-order valence-electron chi connectivity index (χ2n) is 4.34. The van der Waals surface area contributed by atoms with Crippen LogP contribution in [0.15, 0.2) is 24.3 Å². The fourth-order valence-electron chi connectivity index (χ4n) is 1.51. The lowest BCUT2D eigenvalue weighted by atomic mass is 10.2. The summed E-state index contributed by atoms with van der Waals surface area (Å²) < 4.78 is 5.54. The lowest BCUT2D eigenvalue weighted by molar-refractivity contribution is -0.141. The number of aryl methyl sites for hydroxylation is 1. The number of rotatable bonds is 7. The van der Waals surface area contributed by atoms with Gasteiger partial charge in [0.05, 0.1) is 6.61 Å². The van der Waals surface area contributed by atoms with Crippen molar-refractivity contribution in [2.45, 2.75) is 32.7 Å². The minimum absolute atomic E-state index is 0.253. The number of amides is 1. The van der Waals surface area contributed by atoms with Gasteiger partial charge in [-0.25, -0.2) is 0 Å². The monoisotopic (exact) mass is 265 g/mol. The van der Waals surface area contributed by atoms with Gasteiger partial charge >= 0.3 is 5.97 Å². The number of nitrogens with one attached hydrogen (secondary N) is 1. The van der Waals surface area contributed by atoms with Crippen molar-refractivity contribution in [3.05, 3.63) is 29.8 Å². The molecule has 0 aliphatic rings. The molecule has 1 atom stereocenters. The van der Waals surface area contributed by atoms with E-state index in [0.29, 0.717) is 13.0 Å². The van der Waals surface area contributed by atoms with E-state index in [1.807, 2.05) is 31.2 Å². The Balaban J connectivity index is 2.23. The summed E-state index contributed by atoms with van der Waals surface area (Å²) in [5.41, 5.74) is 1.05. The van der Waals surface area contributed by atoms with Crippen LogP contribution in [0.1, 0.15) is 25.3 Å². The highest BCUT2D eigenvalue weighted by atomic mass is 16.5. The van der Waals surface area contributed by atoms with Crippen molar-refractivity contribution < 1.29 is 19.4 Å². The number of aliphatic carboxylic acids is 1. The average molecular weight is 265 g/mol. The molecule has 5 nitrogen and oxygen atoms in total. The first-order valence-corrected chi connectivity index (χ1v) is 6.21. The normalized spacial score (nSPS) is 11.7. The van der Waals surface area contributed by atoms with E-state index in [2.05, 4.69) is 5.32 Å². The summed E-state index contributed by atoms with van der Waals surface area (Å²) in [7, 11) is 0. The van der Waals surface area contributed by atoms with E-state index in [9.17, 15) is 9.59 Å². The lowest BCUT2D eigenvalue weighted by Crippen LogP contribution is -2.38. The molecule has 2 N–H and O–H groups in total. The fraction of sp³-hybridized carbons (Fsp3) is 0.429. The Morgan fingerprint density at radius 1 is 1.37 bits per heavy atom. The highest BCUT2D eigenvalue weighted by Gasteiger charge is 2.13. The van der Waals surface area contributed by atoms with Gasteiger partial charge in [0, 0.05) is 6.42 Å². The standard InChI is InChI=1S/C14H19NO4/c1-10-6-3-4-7-12(10)19-9-5-8-13(16)15-11(2)14(17)18/h3-4,6-7,11H,5,8-9H2,1-2H3,(H,15,16)(H,17,18). The molecule has 1 aromatic rings. The maximum absolute atomic E-state index is 11.4. The summed E-state index contributed by atoms with van der Waals surface area (Å²) in [4.78, 5) is 22.0. The number of carbonyl (C=O) groups is 2. The van der Waals surface area contributed by atoms with Gasteiger partial charge < -0.3 is 15.2 Å². The van der Waals surface area contributed by atoms with Crippen molar-refractivity contribution in [1.82, 2.24) is 5.32 Å². The highest BCUT2D eigenvalue weighted by Crippen LogP contribution is 2.16. The van der Waals surface area contributed by atoms with Gasteiger partial charge in [0.25, 0.3) is 0 Å². The third kappa shape index (κ3) is 5.42. The molecule has 0 bridgehead atoms. The van der Waals surface area contributed by atoms with E-state index in [4.69, 9.17) is 9.84 Å². The molecule has 0 saturated heterocycles. The van der Waals surface area contributed by atoms with Crippen LogP contribution in [0.4, 0.5) is 0 Å². The van der Waals surface area contributed by atoms with E-state index in [-0.39, 0.29) is 12.3 Å². The topological polar surface area (TPSA) is 75.6 Å². The van der Waals surface area contributed by atoms with Crippen LogP contribution >= 0.6 is 0 Å². The zero-order chi connectivity index (χ0) is 14.3. The van der Waals surface area contributed by atoms with Crippen LogP contribution < -0.4 is 10.1 Å². The Bertz CT molecular complexity index is 445. The lowest BCUT2D eigenvalue weighted by Gasteiger charge is -2.10. The van der Waals surface area contributed by atoms with Gasteiger partial charge in [0.15, 0.2) is 0 Å². The summed E-state index contributed by atoms with van der Waals surface area (Å²) in [6.45, 7) is 3.82. The second kappa shape index (κ2) is 7.41. The molecular formula is C14H19NO4. The van der Waals surface area contributed by atoms with Crippen LogP contribution in [-0.2, 0) is 9.59 Å². The summed E-state index contributed by atoms with van der Waals surface area (Å²) in [5, 5.41) is 11.0. The van der Waals surface area contributed by atoms with Crippen molar-refractivity contribution in [3.8, 4) is 5.75 Å². The zero-order valence-electron chi connectivity index (χ0n) is 11.2. The Kier molecular flexibility index (Phi) is 5.85. The molecule has 0 aromatic heterocycles. The molecule has 0 aliphatic carbocycles. The van der Waals surface area contributed by atoms with Crippen LogP contribution in [0.5, 0.6) is 5.75 Å². The molecule has 1 rings (SSSR count). The summed E-state index contributed by atoms with van der Waals surface area (Å²) in [6, 6.07) is 6.80. The maximum atomic E-state index is 11.4. The molecular weight excluding hydrogens is 246 g/mol. The molecule has 1 unspecified atom stereocenters. The maximum Gasteiger partial charge on any atom is 0.325 e.